The molecule has 0 atom stereocenters. The highest BCUT2D eigenvalue weighted by Gasteiger charge is 2.11. The number of methoxy groups -OCH3 is 1. The lowest BCUT2D eigenvalue weighted by Crippen LogP contribution is -2.15. The Morgan fingerprint density at radius 2 is 1.76 bits per heavy atom. The molecule has 4 aromatic rings. The van der Waals surface area contributed by atoms with Crippen molar-refractivity contribution < 1.29 is 9.53 Å². The van der Waals surface area contributed by atoms with Crippen LogP contribution in [0.1, 0.15) is 11.1 Å². The molecule has 0 radical (unpaired) electrons. The summed E-state index contributed by atoms with van der Waals surface area (Å²) in [5.41, 5.74) is 5.57. The summed E-state index contributed by atoms with van der Waals surface area (Å²) in [4.78, 5) is 17.4. The topological polar surface area (TPSA) is 51.2 Å². The number of nitrogens with zero attached hydrogens (tertiary/aromatic N) is 1. The molecule has 144 valence electrons. The smallest absolute Gasteiger partial charge is 0.228 e. The van der Waals surface area contributed by atoms with E-state index in [1.54, 1.807) is 7.11 Å². The van der Waals surface area contributed by atoms with Crippen molar-refractivity contribution in [2.45, 2.75) is 13.3 Å². The highest BCUT2D eigenvalue weighted by Crippen LogP contribution is 2.28. The van der Waals surface area contributed by atoms with Crippen LogP contribution in [0, 0.1) is 6.92 Å². The van der Waals surface area contributed by atoms with Gasteiger partial charge in [0.2, 0.25) is 5.91 Å². The summed E-state index contributed by atoms with van der Waals surface area (Å²) in [5.74, 6) is 0.705. The lowest BCUT2D eigenvalue weighted by atomic mass is 10.1. The van der Waals surface area contributed by atoms with Crippen LogP contribution in [0.25, 0.3) is 22.2 Å². The highest BCUT2D eigenvalue weighted by atomic mass is 16.5. The highest BCUT2D eigenvalue weighted by molar-refractivity contribution is 5.96. The zero-order valence-electron chi connectivity index (χ0n) is 16.5. The summed E-state index contributed by atoms with van der Waals surface area (Å²) >= 11 is 0. The van der Waals surface area contributed by atoms with E-state index in [0.717, 1.165) is 39.2 Å². The summed E-state index contributed by atoms with van der Waals surface area (Å²) in [6.07, 6.45) is 0.294. The molecule has 0 saturated heterocycles. The number of hydrogen-bond acceptors (Lipinski definition) is 3. The first-order chi connectivity index (χ1) is 14.1. The number of aryl methyl sites for hydroxylation is 1. The van der Waals surface area contributed by atoms with Crippen LogP contribution in [0.15, 0.2) is 78.9 Å². The lowest BCUT2D eigenvalue weighted by Gasteiger charge is -2.12. The SMILES string of the molecule is COc1ccc(CC(=O)Nc2ccccc2-c2ccc3cc(C)ccc3n2)cc1. The zero-order chi connectivity index (χ0) is 20.2. The van der Waals surface area contributed by atoms with Crippen molar-refractivity contribution in [1.82, 2.24) is 4.98 Å². The van der Waals surface area contributed by atoms with Crippen LogP contribution in [-0.2, 0) is 11.2 Å². The molecule has 0 bridgehead atoms. The molecule has 0 saturated carbocycles. The van der Waals surface area contributed by atoms with E-state index < -0.39 is 0 Å². The number of carbonyl (C=O) groups is 1. The minimum absolute atomic E-state index is 0.0703. The van der Waals surface area contributed by atoms with Crippen LogP contribution in [0.4, 0.5) is 5.69 Å². The largest absolute Gasteiger partial charge is 0.497 e. The van der Waals surface area contributed by atoms with Crippen molar-refractivity contribution in [3.05, 3.63) is 90.0 Å². The van der Waals surface area contributed by atoms with Gasteiger partial charge in [-0.15, -0.1) is 0 Å². The number of hydrogen-bond donors (Lipinski definition) is 1. The number of carbonyl (C=O) groups excluding carboxylic acids is 1. The molecule has 0 unspecified atom stereocenters. The maximum Gasteiger partial charge on any atom is 0.228 e. The van der Waals surface area contributed by atoms with Crippen molar-refractivity contribution in [1.29, 1.82) is 0 Å². The molecule has 0 fully saturated rings. The van der Waals surface area contributed by atoms with E-state index in [9.17, 15) is 4.79 Å². The molecular formula is C25H22N2O2. The standard InChI is InChI=1S/C25H22N2O2/c1-17-7-13-22-19(15-17)10-14-24(26-22)21-5-3-4-6-23(21)27-25(28)16-18-8-11-20(29-2)12-9-18/h3-15H,16H2,1-2H3,(H,27,28). The number of aromatic nitrogens is 1. The number of rotatable bonds is 5. The van der Waals surface area contributed by atoms with E-state index in [-0.39, 0.29) is 5.91 Å². The zero-order valence-corrected chi connectivity index (χ0v) is 16.5. The van der Waals surface area contributed by atoms with Gasteiger partial charge in [0.1, 0.15) is 5.75 Å². The van der Waals surface area contributed by atoms with Gasteiger partial charge in [0.25, 0.3) is 0 Å². The van der Waals surface area contributed by atoms with Crippen molar-refractivity contribution in [2.75, 3.05) is 12.4 Å². The van der Waals surface area contributed by atoms with Crippen molar-refractivity contribution in [2.24, 2.45) is 0 Å². The number of benzene rings is 3. The Hall–Kier alpha value is -3.66. The molecule has 0 aliphatic rings. The van der Waals surface area contributed by atoms with Gasteiger partial charge in [0.15, 0.2) is 0 Å². The number of pyridine rings is 1. The molecule has 1 heterocycles. The first kappa shape index (κ1) is 18.7. The van der Waals surface area contributed by atoms with Gasteiger partial charge in [-0.05, 0) is 48.9 Å². The van der Waals surface area contributed by atoms with Crippen LogP contribution < -0.4 is 10.1 Å². The third-order valence-electron chi connectivity index (χ3n) is 4.85. The molecule has 0 aliphatic carbocycles. The normalized spacial score (nSPS) is 10.7. The summed E-state index contributed by atoms with van der Waals surface area (Å²) in [7, 11) is 1.63. The third kappa shape index (κ3) is 4.27. The minimum atomic E-state index is -0.0703. The van der Waals surface area contributed by atoms with Crippen molar-refractivity contribution >= 4 is 22.5 Å². The molecule has 29 heavy (non-hydrogen) atoms. The van der Waals surface area contributed by atoms with Crippen molar-refractivity contribution in [3.8, 4) is 17.0 Å². The molecule has 1 amide bonds. The first-order valence-corrected chi connectivity index (χ1v) is 9.52. The Morgan fingerprint density at radius 1 is 0.966 bits per heavy atom. The van der Waals surface area contributed by atoms with Crippen LogP contribution in [0.2, 0.25) is 0 Å². The van der Waals surface area contributed by atoms with Gasteiger partial charge >= 0.3 is 0 Å². The summed E-state index contributed by atoms with van der Waals surface area (Å²) in [5, 5.41) is 4.14. The van der Waals surface area contributed by atoms with E-state index in [2.05, 4.69) is 30.4 Å². The van der Waals surface area contributed by atoms with Crippen LogP contribution >= 0.6 is 0 Å². The van der Waals surface area contributed by atoms with E-state index in [1.807, 2.05) is 60.7 Å². The molecular weight excluding hydrogens is 360 g/mol. The van der Waals surface area contributed by atoms with Gasteiger partial charge < -0.3 is 10.1 Å². The molecule has 1 N–H and O–H groups in total. The average molecular weight is 382 g/mol. The predicted octanol–water partition coefficient (Wildman–Crippen LogP) is 5.40. The number of para-hydroxylation sites is 1. The summed E-state index contributed by atoms with van der Waals surface area (Å²) in [6, 6.07) is 25.5. The molecule has 4 heteroatoms. The lowest BCUT2D eigenvalue weighted by molar-refractivity contribution is -0.115. The minimum Gasteiger partial charge on any atom is -0.497 e. The molecule has 3 aromatic carbocycles. The number of fused-ring (bicyclic) bond motifs is 1. The van der Waals surface area contributed by atoms with E-state index in [1.165, 1.54) is 5.56 Å². The van der Waals surface area contributed by atoms with E-state index in [4.69, 9.17) is 9.72 Å². The molecule has 1 aromatic heterocycles. The fraction of sp³-hybridized carbons (Fsp3) is 0.120. The monoisotopic (exact) mass is 382 g/mol. The summed E-state index contributed by atoms with van der Waals surface area (Å²) < 4.78 is 5.16. The maximum absolute atomic E-state index is 12.6. The molecule has 4 nitrogen and oxygen atoms in total. The van der Waals surface area contributed by atoms with E-state index >= 15 is 0 Å². The second-order valence-corrected chi connectivity index (χ2v) is 7.01. The van der Waals surface area contributed by atoms with Crippen LogP contribution in [-0.4, -0.2) is 18.0 Å². The third-order valence-corrected chi connectivity index (χ3v) is 4.85. The average Bonchev–Trinajstić information content (AvgIpc) is 2.74. The van der Waals surface area contributed by atoms with Crippen LogP contribution in [0.5, 0.6) is 5.75 Å². The van der Waals surface area contributed by atoms with Gasteiger partial charge in [-0.1, -0.05) is 48.0 Å². The van der Waals surface area contributed by atoms with Gasteiger partial charge in [0.05, 0.1) is 30.4 Å². The second-order valence-electron chi connectivity index (χ2n) is 7.01. The Morgan fingerprint density at radius 3 is 2.55 bits per heavy atom. The Kier molecular flexibility index (Phi) is 5.25. The molecule has 0 spiro atoms. The quantitative estimate of drug-likeness (QED) is 0.503. The fourth-order valence-corrected chi connectivity index (χ4v) is 3.33. The predicted molar refractivity (Wildman–Crippen MR) is 117 cm³/mol. The Bertz CT molecular complexity index is 1170. The Balaban J connectivity index is 1.58. The summed E-state index contributed by atoms with van der Waals surface area (Å²) in [6.45, 7) is 2.07. The Labute approximate surface area is 170 Å². The van der Waals surface area contributed by atoms with Gasteiger partial charge in [0, 0.05) is 10.9 Å². The number of nitrogens with one attached hydrogen (secondary N) is 1. The maximum atomic E-state index is 12.6. The van der Waals surface area contributed by atoms with Crippen molar-refractivity contribution in [3.63, 3.8) is 0 Å². The molecule has 0 aliphatic heterocycles. The van der Waals surface area contributed by atoms with Gasteiger partial charge in [-0.25, -0.2) is 4.98 Å². The van der Waals surface area contributed by atoms with Gasteiger partial charge in [-0.3, -0.25) is 4.79 Å². The molecule has 4 rings (SSSR count). The van der Waals surface area contributed by atoms with Gasteiger partial charge in [-0.2, -0.15) is 0 Å². The van der Waals surface area contributed by atoms with E-state index in [0.29, 0.717) is 6.42 Å². The fourth-order valence-electron chi connectivity index (χ4n) is 3.33. The second kappa shape index (κ2) is 8.15. The number of anilines is 1. The number of ether oxygens (including phenoxy) is 1. The number of amides is 1. The van der Waals surface area contributed by atoms with Crippen LogP contribution in [0.3, 0.4) is 0 Å². The first-order valence-electron chi connectivity index (χ1n) is 9.52.